The minimum absolute atomic E-state index is 0.0220. The summed E-state index contributed by atoms with van der Waals surface area (Å²) in [6, 6.07) is 32.4. The molecule has 0 spiro atoms. The van der Waals surface area contributed by atoms with Crippen LogP contribution in [0.25, 0.3) is 21.8 Å². The number of nitrogens with zero attached hydrogens (tertiary/aromatic N) is 5. The van der Waals surface area contributed by atoms with Crippen molar-refractivity contribution in [3.63, 3.8) is 0 Å². The van der Waals surface area contributed by atoms with Crippen LogP contribution in [0, 0.1) is 20.2 Å². The van der Waals surface area contributed by atoms with Crippen molar-refractivity contribution in [2.24, 2.45) is 0 Å². The molecule has 0 unspecified atom stereocenters. The van der Waals surface area contributed by atoms with E-state index in [-0.39, 0.29) is 39.6 Å². The summed E-state index contributed by atoms with van der Waals surface area (Å²) in [5.41, 5.74) is 4.68. The average molecular weight is 1100 g/mol. The maximum atomic E-state index is 12.2. The predicted molar refractivity (Wildman–Crippen MR) is 296 cm³/mol. The number of halogens is 3. The Balaban J connectivity index is 0.000000178. The summed E-state index contributed by atoms with van der Waals surface area (Å²) >= 11 is 18.0. The second-order valence-corrected chi connectivity index (χ2v) is 19.2. The fourth-order valence-electron chi connectivity index (χ4n) is 9.13. The molecule has 0 bridgehead atoms. The fourth-order valence-corrected chi connectivity index (χ4v) is 9.74. The van der Waals surface area contributed by atoms with E-state index in [0.29, 0.717) is 81.4 Å². The van der Waals surface area contributed by atoms with Gasteiger partial charge in [0.05, 0.1) is 74.7 Å². The molecule has 4 atom stereocenters. The fraction of sp³-hybridized carbons (Fsp3) is 0.357. The van der Waals surface area contributed by atoms with Gasteiger partial charge in [0.25, 0.3) is 0 Å². The SMILES string of the molecule is CC[C@@H]1C[C@H](N(Cc2ccc(OC)cc2OC)c2c([N+](=O)[O-])cnc3ccc(Cl)cc23)CCO1.COc1ccc(CN[C@@H]2CCO[C@H](COCc3ccccc3)C2)c(OC)c1.O=[N+]([O-])c1cnc2ccc(Cl)cc2c1Cl. The molecule has 0 aliphatic carbocycles. The van der Waals surface area contributed by atoms with Crippen LogP contribution in [0.3, 0.4) is 0 Å². The lowest BCUT2D eigenvalue weighted by atomic mass is 9.97. The Kier molecular flexibility index (Phi) is 21.0. The van der Waals surface area contributed by atoms with Crippen LogP contribution in [0.5, 0.6) is 23.0 Å². The van der Waals surface area contributed by atoms with Crippen molar-refractivity contribution >= 4 is 73.7 Å². The van der Waals surface area contributed by atoms with E-state index in [9.17, 15) is 20.2 Å². The number of anilines is 1. The van der Waals surface area contributed by atoms with Gasteiger partial charge in [-0.05, 0) is 92.3 Å². The molecule has 2 fully saturated rings. The molecule has 2 saturated heterocycles. The van der Waals surface area contributed by atoms with E-state index in [4.69, 9.17) is 68.0 Å². The lowest BCUT2D eigenvalue weighted by Crippen LogP contribution is -2.42. The minimum Gasteiger partial charge on any atom is -0.497 e. The van der Waals surface area contributed by atoms with Gasteiger partial charge in [-0.1, -0.05) is 78.1 Å². The number of aromatic nitrogens is 2. The van der Waals surface area contributed by atoms with E-state index in [2.05, 4.69) is 39.2 Å². The molecule has 5 aromatic carbocycles. The van der Waals surface area contributed by atoms with Crippen molar-refractivity contribution < 1.29 is 43.0 Å². The number of pyridine rings is 2. The number of nitrogens with one attached hydrogen (secondary N) is 1. The highest BCUT2D eigenvalue weighted by Crippen LogP contribution is 2.41. The van der Waals surface area contributed by atoms with Crippen LogP contribution in [0.1, 0.15) is 55.7 Å². The highest BCUT2D eigenvalue weighted by atomic mass is 35.5. The smallest absolute Gasteiger partial charge is 0.311 e. The van der Waals surface area contributed by atoms with Crippen LogP contribution in [-0.2, 0) is 33.9 Å². The van der Waals surface area contributed by atoms with Crippen molar-refractivity contribution in [2.45, 2.75) is 83.0 Å². The zero-order valence-electron chi connectivity index (χ0n) is 42.9. The maximum absolute atomic E-state index is 12.2. The monoisotopic (exact) mass is 1100 g/mol. The Hall–Kier alpha value is -6.57. The van der Waals surface area contributed by atoms with Crippen molar-refractivity contribution in [3.8, 4) is 23.0 Å². The van der Waals surface area contributed by atoms with Gasteiger partial charge in [0.2, 0.25) is 0 Å². The molecule has 76 heavy (non-hydrogen) atoms. The Morgan fingerprint density at radius 2 is 1.28 bits per heavy atom. The zero-order chi connectivity index (χ0) is 54.1. The van der Waals surface area contributed by atoms with Crippen LogP contribution in [-0.4, -0.2) is 92.4 Å². The molecule has 4 heterocycles. The molecule has 20 heteroatoms. The van der Waals surface area contributed by atoms with E-state index in [1.54, 1.807) is 64.8 Å². The van der Waals surface area contributed by atoms with Crippen LogP contribution >= 0.6 is 34.8 Å². The van der Waals surface area contributed by atoms with E-state index < -0.39 is 4.92 Å². The number of ether oxygens (including phenoxy) is 7. The summed E-state index contributed by atoms with van der Waals surface area (Å²) in [5, 5.41) is 28.5. The van der Waals surface area contributed by atoms with Gasteiger partial charge >= 0.3 is 11.4 Å². The molecule has 0 radical (unpaired) electrons. The lowest BCUT2D eigenvalue weighted by Gasteiger charge is -2.39. The molecule has 9 rings (SSSR count). The molecular formula is C56H61Cl3N6O11. The molecule has 17 nitrogen and oxygen atoms in total. The highest BCUT2D eigenvalue weighted by molar-refractivity contribution is 6.38. The molecule has 2 aliphatic heterocycles. The van der Waals surface area contributed by atoms with Crippen molar-refractivity contribution in [3.05, 3.63) is 168 Å². The molecule has 1 N–H and O–H groups in total. The number of rotatable bonds is 18. The van der Waals surface area contributed by atoms with E-state index in [1.807, 2.05) is 54.6 Å². The van der Waals surface area contributed by atoms with Gasteiger partial charge < -0.3 is 43.4 Å². The molecule has 0 saturated carbocycles. The van der Waals surface area contributed by atoms with Gasteiger partial charge in [-0.2, -0.15) is 0 Å². The summed E-state index contributed by atoms with van der Waals surface area (Å²) in [6.45, 7) is 5.86. The average Bonchev–Trinajstić information content (AvgIpc) is 3.45. The Morgan fingerprint density at radius 1 is 0.684 bits per heavy atom. The van der Waals surface area contributed by atoms with E-state index in [1.165, 1.54) is 11.8 Å². The molecule has 0 amide bonds. The van der Waals surface area contributed by atoms with Gasteiger partial charge in [-0.25, -0.2) is 9.97 Å². The molecule has 2 aromatic heterocycles. The summed E-state index contributed by atoms with van der Waals surface area (Å²) in [6.07, 6.45) is 7.04. The molecule has 7 aromatic rings. The zero-order valence-corrected chi connectivity index (χ0v) is 45.2. The van der Waals surface area contributed by atoms with E-state index in [0.717, 1.165) is 74.1 Å². The van der Waals surface area contributed by atoms with Gasteiger partial charge in [0.1, 0.15) is 46.1 Å². The quantitative estimate of drug-likeness (QED) is 0.0630. The first-order chi connectivity index (χ1) is 36.8. The minimum atomic E-state index is -0.574. The van der Waals surface area contributed by atoms with Crippen LogP contribution < -0.4 is 29.2 Å². The number of benzene rings is 5. The highest BCUT2D eigenvalue weighted by Gasteiger charge is 2.33. The van der Waals surface area contributed by atoms with Crippen molar-refractivity contribution in [2.75, 3.05) is 53.2 Å². The van der Waals surface area contributed by atoms with Crippen molar-refractivity contribution in [1.29, 1.82) is 0 Å². The van der Waals surface area contributed by atoms with Gasteiger partial charge in [0, 0.05) is 82.5 Å². The number of hydrogen-bond donors (Lipinski definition) is 1. The summed E-state index contributed by atoms with van der Waals surface area (Å²) in [7, 11) is 6.56. The van der Waals surface area contributed by atoms with Crippen molar-refractivity contribution in [1.82, 2.24) is 15.3 Å². The predicted octanol–water partition coefficient (Wildman–Crippen LogP) is 12.8. The standard InChI is InChI=1S/C25H28ClN3O5.C22H29NO4.C9H4Cl2N2O2/c1-4-19-12-18(9-10-34-19)28(15-16-5-7-20(32-2)13-24(16)33-3)25-21-11-17(26)6-8-22(21)27-14-23(25)29(30)31;1-24-20-9-8-18(22(13-20)25-2)14-23-19-10-11-27-21(12-19)16-26-15-17-6-4-3-5-7-17;10-5-1-2-7-6(3-5)9(11)8(4-12-7)13(14)15/h5-8,11,13-14,18-19H,4,9-10,12,15H2,1-3H3;3-9,13,19,21,23H,10-12,14-16H2,1-2H3;1-4H/t18-,19-;19-,21+;/m11./s1. The number of nitro groups is 2. The summed E-state index contributed by atoms with van der Waals surface area (Å²) in [5.74, 6) is 2.98. The first-order valence-corrected chi connectivity index (χ1v) is 25.8. The second kappa shape index (κ2) is 28.0. The third-order valence-corrected chi connectivity index (χ3v) is 14.0. The third kappa shape index (κ3) is 15.1. The number of methoxy groups -OCH3 is 4. The Morgan fingerprint density at radius 3 is 1.91 bits per heavy atom. The van der Waals surface area contributed by atoms with Crippen LogP contribution in [0.15, 0.2) is 116 Å². The third-order valence-electron chi connectivity index (χ3n) is 13.1. The second-order valence-electron chi connectivity index (χ2n) is 17.9. The Bertz CT molecular complexity index is 3070. The summed E-state index contributed by atoms with van der Waals surface area (Å²) < 4.78 is 39.4. The first-order valence-electron chi connectivity index (χ1n) is 24.7. The lowest BCUT2D eigenvalue weighted by molar-refractivity contribution is -0.384. The summed E-state index contributed by atoms with van der Waals surface area (Å²) in [4.78, 5) is 32.2. The molecule has 402 valence electrons. The molecule has 2 aliphatic rings. The number of hydrogen-bond acceptors (Lipinski definition) is 15. The van der Waals surface area contributed by atoms with Crippen LogP contribution in [0.4, 0.5) is 17.1 Å². The van der Waals surface area contributed by atoms with Gasteiger partial charge in [0.15, 0.2) is 0 Å². The van der Waals surface area contributed by atoms with Gasteiger partial charge in [-0.15, -0.1) is 0 Å². The topological polar surface area (TPSA) is 192 Å². The van der Waals surface area contributed by atoms with E-state index >= 15 is 0 Å². The Labute approximate surface area is 456 Å². The first kappa shape index (κ1) is 57.1. The normalized spacial score (nSPS) is 17.1. The number of fused-ring (bicyclic) bond motifs is 2. The van der Waals surface area contributed by atoms with Gasteiger partial charge in [-0.3, -0.25) is 20.2 Å². The largest absolute Gasteiger partial charge is 0.497 e. The molecular weight excluding hydrogens is 1040 g/mol. The van der Waals surface area contributed by atoms with Crippen LogP contribution in [0.2, 0.25) is 15.1 Å². The maximum Gasteiger partial charge on any atom is 0.311 e.